The number of nitrogens with one attached hydrogen (secondary N) is 1. The molecule has 4 nitrogen and oxygen atoms in total. The number of hydrogen-bond donors (Lipinski definition) is 2. The Morgan fingerprint density at radius 3 is 2.47 bits per heavy atom. The van der Waals surface area contributed by atoms with Crippen molar-refractivity contribution in [2.45, 2.75) is 39.3 Å². The first kappa shape index (κ1) is 25.6. The number of aliphatic hydroxyl groups excluding tert-OH is 1. The molecule has 0 atom stereocenters. The van der Waals surface area contributed by atoms with Crippen LogP contribution in [0.25, 0.3) is 5.70 Å². The van der Waals surface area contributed by atoms with E-state index in [4.69, 9.17) is 0 Å². The minimum atomic E-state index is -4.45. The van der Waals surface area contributed by atoms with E-state index in [0.717, 1.165) is 29.2 Å². The van der Waals surface area contributed by atoms with E-state index >= 15 is 0 Å². The molecule has 2 aromatic carbocycles. The maximum atomic E-state index is 13.0. The second-order valence-electron chi connectivity index (χ2n) is 7.86. The number of aryl methyl sites for hydroxylation is 1. The molecule has 3 rings (SSSR count). The zero-order valence-corrected chi connectivity index (χ0v) is 18.9. The maximum absolute atomic E-state index is 13.0. The molecular weight excluding hydrogens is 415 g/mol. The summed E-state index contributed by atoms with van der Waals surface area (Å²) < 4.78 is 39.1. The van der Waals surface area contributed by atoms with Crippen LogP contribution in [0.15, 0.2) is 53.6 Å². The summed E-state index contributed by atoms with van der Waals surface area (Å²) in [5.74, 6) is 1.09. The molecule has 0 aliphatic heterocycles. The second kappa shape index (κ2) is 11.8. The van der Waals surface area contributed by atoms with Gasteiger partial charge in [0.15, 0.2) is 0 Å². The number of rotatable bonds is 8. The van der Waals surface area contributed by atoms with E-state index in [1.165, 1.54) is 43.0 Å². The third-order valence-corrected chi connectivity index (χ3v) is 5.44. The highest BCUT2D eigenvalue weighted by molar-refractivity contribution is 5.81. The number of alkyl halides is 3. The van der Waals surface area contributed by atoms with Crippen molar-refractivity contribution in [2.75, 3.05) is 25.2 Å². The van der Waals surface area contributed by atoms with Crippen molar-refractivity contribution in [1.82, 2.24) is 5.32 Å². The van der Waals surface area contributed by atoms with E-state index in [0.29, 0.717) is 11.4 Å². The third kappa shape index (κ3) is 7.21. The van der Waals surface area contributed by atoms with Gasteiger partial charge in [-0.05, 0) is 75.2 Å². The Morgan fingerprint density at radius 2 is 1.91 bits per heavy atom. The Morgan fingerprint density at radius 1 is 1.22 bits per heavy atom. The molecule has 0 amide bonds. The molecule has 1 aliphatic rings. The zero-order valence-electron chi connectivity index (χ0n) is 18.9. The van der Waals surface area contributed by atoms with Gasteiger partial charge in [-0.15, -0.1) is 0 Å². The van der Waals surface area contributed by atoms with Gasteiger partial charge in [0.05, 0.1) is 23.6 Å². The molecule has 0 unspecified atom stereocenters. The molecule has 0 aromatic heterocycles. The Hall–Kier alpha value is -2.64. The van der Waals surface area contributed by atoms with Crippen molar-refractivity contribution >= 4 is 18.1 Å². The fourth-order valence-electron chi connectivity index (χ4n) is 3.27. The van der Waals surface area contributed by atoms with Crippen LogP contribution < -0.4 is 10.3 Å². The molecule has 32 heavy (non-hydrogen) atoms. The molecule has 2 N–H and O–H groups in total. The van der Waals surface area contributed by atoms with Gasteiger partial charge in [0.1, 0.15) is 0 Å². The average molecular weight is 448 g/mol. The predicted octanol–water partition coefficient (Wildman–Crippen LogP) is 5.78. The molecule has 0 bridgehead atoms. The van der Waals surface area contributed by atoms with Gasteiger partial charge in [-0.25, -0.2) is 5.01 Å². The second-order valence-corrected chi connectivity index (χ2v) is 7.86. The summed E-state index contributed by atoms with van der Waals surface area (Å²) in [5.41, 5.74) is 2.48. The van der Waals surface area contributed by atoms with E-state index in [1.54, 1.807) is 12.1 Å². The van der Waals surface area contributed by atoms with Crippen LogP contribution in [0.4, 0.5) is 18.9 Å². The molecule has 174 valence electrons. The number of nitrogens with zero attached hydrogens (tertiary/aromatic N) is 2. The van der Waals surface area contributed by atoms with E-state index in [-0.39, 0.29) is 12.2 Å². The topological polar surface area (TPSA) is 47.9 Å². The van der Waals surface area contributed by atoms with Gasteiger partial charge in [0, 0.05) is 12.3 Å². The van der Waals surface area contributed by atoms with Crippen LogP contribution in [0.2, 0.25) is 0 Å². The van der Waals surface area contributed by atoms with Gasteiger partial charge in [0.25, 0.3) is 0 Å². The number of hydrogen-bond acceptors (Lipinski definition) is 4. The number of hydrazone groups is 1. The minimum Gasteiger partial charge on any atom is -0.392 e. The number of aliphatic hydroxyl groups is 1. The van der Waals surface area contributed by atoms with Crippen LogP contribution in [0, 0.1) is 19.8 Å². The predicted molar refractivity (Wildman–Crippen MR) is 126 cm³/mol. The standard InChI is InChI=1S/C19H19F3N2O.C6H13N/c1-13-6-4-9-17(14(13)2)24(23-3)18(10-11-25)15-7-5-8-16(12-15)19(20,21)22;1-7-5-4-6-2-3-6/h4-10,12,25H,3,11H2,1-2H3;6-7H,2-5H2,1H3/b18-10+;. The van der Waals surface area contributed by atoms with Crippen LogP contribution in [0.5, 0.6) is 0 Å². The van der Waals surface area contributed by atoms with Crippen LogP contribution in [0.3, 0.4) is 0 Å². The van der Waals surface area contributed by atoms with Gasteiger partial charge in [0.2, 0.25) is 0 Å². The summed E-state index contributed by atoms with van der Waals surface area (Å²) in [6.07, 6.45) is 1.33. The highest BCUT2D eigenvalue weighted by Crippen LogP contribution is 2.34. The van der Waals surface area contributed by atoms with Crippen molar-refractivity contribution in [2.24, 2.45) is 11.0 Å². The van der Waals surface area contributed by atoms with E-state index < -0.39 is 11.7 Å². The first-order chi connectivity index (χ1) is 15.2. The monoisotopic (exact) mass is 447 g/mol. The van der Waals surface area contributed by atoms with Crippen molar-refractivity contribution in [3.8, 4) is 0 Å². The van der Waals surface area contributed by atoms with Crippen LogP contribution in [-0.2, 0) is 6.18 Å². The van der Waals surface area contributed by atoms with Crippen LogP contribution in [0.1, 0.15) is 41.5 Å². The highest BCUT2D eigenvalue weighted by atomic mass is 19.4. The maximum Gasteiger partial charge on any atom is 0.416 e. The lowest BCUT2D eigenvalue weighted by Gasteiger charge is -2.25. The molecule has 1 aliphatic carbocycles. The summed E-state index contributed by atoms with van der Waals surface area (Å²) in [5, 5.41) is 17.9. The summed E-state index contributed by atoms with van der Waals surface area (Å²) in [4.78, 5) is 0. The van der Waals surface area contributed by atoms with E-state index in [1.807, 2.05) is 33.0 Å². The van der Waals surface area contributed by atoms with Gasteiger partial charge in [-0.2, -0.15) is 18.3 Å². The smallest absolute Gasteiger partial charge is 0.392 e. The van der Waals surface area contributed by atoms with Crippen LogP contribution >= 0.6 is 0 Å². The van der Waals surface area contributed by atoms with E-state index in [2.05, 4.69) is 17.1 Å². The lowest BCUT2D eigenvalue weighted by atomic mass is 10.0. The van der Waals surface area contributed by atoms with Gasteiger partial charge in [-0.1, -0.05) is 37.1 Å². The summed E-state index contributed by atoms with van der Waals surface area (Å²) in [6.45, 7) is 8.23. The Kier molecular flexibility index (Phi) is 9.47. The highest BCUT2D eigenvalue weighted by Gasteiger charge is 2.31. The first-order valence-corrected chi connectivity index (χ1v) is 10.7. The zero-order chi connectivity index (χ0) is 23.7. The lowest BCUT2D eigenvalue weighted by Crippen LogP contribution is -2.17. The van der Waals surface area contributed by atoms with E-state index in [9.17, 15) is 18.3 Å². The Balaban J connectivity index is 0.000000439. The number of halogens is 3. The molecule has 0 saturated heterocycles. The first-order valence-electron chi connectivity index (χ1n) is 10.7. The lowest BCUT2D eigenvalue weighted by molar-refractivity contribution is -0.137. The fraction of sp³-hybridized carbons (Fsp3) is 0.400. The summed E-state index contributed by atoms with van der Waals surface area (Å²) in [6, 6.07) is 10.5. The summed E-state index contributed by atoms with van der Waals surface area (Å²) >= 11 is 0. The quantitative estimate of drug-likeness (QED) is 0.398. The largest absolute Gasteiger partial charge is 0.416 e. The minimum absolute atomic E-state index is 0.289. The number of benzene rings is 2. The Bertz CT molecular complexity index is 921. The summed E-state index contributed by atoms with van der Waals surface area (Å²) in [7, 11) is 2.02. The molecule has 1 saturated carbocycles. The van der Waals surface area contributed by atoms with Crippen molar-refractivity contribution in [3.05, 3.63) is 70.8 Å². The molecule has 7 heteroatoms. The van der Waals surface area contributed by atoms with Crippen LogP contribution in [-0.4, -0.2) is 32.0 Å². The van der Waals surface area contributed by atoms with Crippen molar-refractivity contribution < 1.29 is 18.3 Å². The average Bonchev–Trinajstić information content (AvgIpc) is 3.59. The molecule has 0 spiro atoms. The Labute approximate surface area is 188 Å². The number of anilines is 1. The molecule has 2 aromatic rings. The third-order valence-electron chi connectivity index (χ3n) is 5.44. The molecule has 1 fully saturated rings. The molecular formula is C25H32F3N3O. The SMILES string of the molecule is C=NN(/C(=C/CO)c1cccc(C(F)(F)F)c1)c1cccc(C)c1C.CNCCC1CC1. The van der Waals surface area contributed by atoms with Crippen molar-refractivity contribution in [1.29, 1.82) is 0 Å². The molecule has 0 heterocycles. The fourth-order valence-corrected chi connectivity index (χ4v) is 3.27. The molecule has 0 radical (unpaired) electrons. The normalized spacial score (nSPS) is 13.9. The van der Waals surface area contributed by atoms with Gasteiger partial charge < -0.3 is 10.4 Å². The van der Waals surface area contributed by atoms with Gasteiger partial charge >= 0.3 is 6.18 Å². The van der Waals surface area contributed by atoms with Gasteiger partial charge in [-0.3, -0.25) is 0 Å². The van der Waals surface area contributed by atoms with Crippen molar-refractivity contribution in [3.63, 3.8) is 0 Å².